The summed E-state index contributed by atoms with van der Waals surface area (Å²) < 4.78 is 0. The van der Waals surface area contributed by atoms with Crippen molar-refractivity contribution in [2.24, 2.45) is 0 Å². The predicted octanol–water partition coefficient (Wildman–Crippen LogP) is 5.25. The van der Waals surface area contributed by atoms with E-state index in [-0.39, 0.29) is 5.91 Å². The van der Waals surface area contributed by atoms with Crippen molar-refractivity contribution in [3.05, 3.63) is 60.2 Å². The third-order valence-corrected chi connectivity index (χ3v) is 4.21. The van der Waals surface area contributed by atoms with Crippen LogP contribution >= 0.6 is 0 Å². The van der Waals surface area contributed by atoms with Crippen LogP contribution in [0.25, 0.3) is 21.5 Å². The Kier molecular flexibility index (Phi) is 5.44. The second-order valence-electron chi connectivity index (χ2n) is 6.02. The molecule has 3 nitrogen and oxygen atoms in total. The van der Waals surface area contributed by atoms with Gasteiger partial charge < -0.3 is 0 Å². The molecular weight excluding hydrogens is 298 g/mol. The first kappa shape index (κ1) is 16.5. The summed E-state index contributed by atoms with van der Waals surface area (Å²) in [7, 11) is 0. The van der Waals surface area contributed by atoms with Crippen LogP contribution in [-0.4, -0.2) is 12.5 Å². The zero-order chi connectivity index (χ0) is 16.8. The SMILES string of the molecule is CCCCCCO[N]C(=O)c1cccc2cc3ccccc3cc12. The molecule has 0 aromatic heterocycles. The van der Waals surface area contributed by atoms with Crippen molar-refractivity contribution < 1.29 is 9.63 Å². The number of fused-ring (bicyclic) bond motifs is 2. The second-order valence-corrected chi connectivity index (χ2v) is 6.02. The smallest absolute Gasteiger partial charge is 0.265 e. The molecule has 0 aliphatic heterocycles. The molecule has 0 saturated heterocycles. The summed E-state index contributed by atoms with van der Waals surface area (Å²) in [5.74, 6) is -0.314. The van der Waals surface area contributed by atoms with Crippen molar-refractivity contribution in [3.63, 3.8) is 0 Å². The Hall–Kier alpha value is -2.39. The molecule has 123 valence electrons. The van der Waals surface area contributed by atoms with Crippen LogP contribution < -0.4 is 5.48 Å². The fourth-order valence-electron chi connectivity index (χ4n) is 2.90. The molecule has 0 unspecified atom stereocenters. The number of rotatable bonds is 7. The monoisotopic (exact) mass is 320 g/mol. The molecule has 1 amide bonds. The largest absolute Gasteiger partial charge is 0.300 e. The van der Waals surface area contributed by atoms with Gasteiger partial charge in [-0.3, -0.25) is 4.79 Å². The van der Waals surface area contributed by atoms with Gasteiger partial charge in [-0.25, -0.2) is 4.84 Å². The van der Waals surface area contributed by atoms with Gasteiger partial charge in [0.25, 0.3) is 0 Å². The molecule has 3 aromatic carbocycles. The molecule has 0 fully saturated rings. The topological polar surface area (TPSA) is 40.4 Å². The number of unbranched alkanes of at least 4 members (excludes halogenated alkanes) is 3. The molecule has 0 aliphatic carbocycles. The molecule has 0 saturated carbocycles. The third-order valence-electron chi connectivity index (χ3n) is 4.21. The highest BCUT2D eigenvalue weighted by Gasteiger charge is 2.12. The van der Waals surface area contributed by atoms with E-state index < -0.39 is 0 Å². The highest BCUT2D eigenvalue weighted by Crippen LogP contribution is 2.25. The van der Waals surface area contributed by atoms with E-state index in [1.165, 1.54) is 18.2 Å². The Balaban J connectivity index is 1.76. The number of nitrogens with zero attached hydrogens (tertiary/aromatic N) is 1. The van der Waals surface area contributed by atoms with E-state index in [1.807, 2.05) is 30.3 Å². The number of hydrogen-bond donors (Lipinski definition) is 0. The Morgan fingerprint density at radius 1 is 0.917 bits per heavy atom. The van der Waals surface area contributed by atoms with E-state index in [4.69, 9.17) is 4.84 Å². The van der Waals surface area contributed by atoms with Crippen LogP contribution in [0.2, 0.25) is 0 Å². The fraction of sp³-hybridized carbons (Fsp3) is 0.286. The minimum atomic E-state index is -0.314. The van der Waals surface area contributed by atoms with Gasteiger partial charge in [0, 0.05) is 0 Å². The number of benzene rings is 3. The lowest BCUT2D eigenvalue weighted by Crippen LogP contribution is -2.17. The van der Waals surface area contributed by atoms with Crippen molar-refractivity contribution in [2.75, 3.05) is 6.61 Å². The van der Waals surface area contributed by atoms with Crippen LogP contribution in [0.15, 0.2) is 54.6 Å². The molecule has 0 N–H and O–H groups in total. The summed E-state index contributed by atoms with van der Waals surface area (Å²) in [4.78, 5) is 17.6. The van der Waals surface area contributed by atoms with E-state index in [1.54, 1.807) is 0 Å². The minimum Gasteiger partial charge on any atom is -0.265 e. The molecule has 0 bridgehead atoms. The molecule has 0 spiro atoms. The summed E-state index contributed by atoms with van der Waals surface area (Å²) in [5.41, 5.74) is 4.37. The van der Waals surface area contributed by atoms with Gasteiger partial charge >= 0.3 is 5.91 Å². The highest BCUT2D eigenvalue weighted by molar-refractivity contribution is 6.10. The number of amides is 1. The highest BCUT2D eigenvalue weighted by atomic mass is 16.6. The lowest BCUT2D eigenvalue weighted by Gasteiger charge is -2.07. The zero-order valence-electron chi connectivity index (χ0n) is 14.0. The van der Waals surface area contributed by atoms with Crippen LogP contribution in [0.3, 0.4) is 0 Å². The fourth-order valence-corrected chi connectivity index (χ4v) is 2.90. The van der Waals surface area contributed by atoms with Crippen molar-refractivity contribution in [2.45, 2.75) is 32.6 Å². The second kappa shape index (κ2) is 7.93. The lowest BCUT2D eigenvalue weighted by atomic mass is 9.99. The van der Waals surface area contributed by atoms with E-state index in [0.717, 1.165) is 29.0 Å². The van der Waals surface area contributed by atoms with Gasteiger partial charge in [0.2, 0.25) is 0 Å². The van der Waals surface area contributed by atoms with Gasteiger partial charge in [0.05, 0.1) is 12.2 Å². The molecule has 0 heterocycles. The van der Waals surface area contributed by atoms with Gasteiger partial charge in [0.15, 0.2) is 0 Å². The number of hydroxylamine groups is 1. The Morgan fingerprint density at radius 3 is 2.46 bits per heavy atom. The summed E-state index contributed by atoms with van der Waals surface area (Å²) in [6, 6.07) is 18.0. The standard InChI is InChI=1S/C21H22NO2/c1-2-3-4-7-13-24-22-21(23)19-12-8-11-18-14-16-9-5-6-10-17(16)15-20(18)19/h5-6,8-12,14-15H,2-4,7,13H2,1H3. The van der Waals surface area contributed by atoms with E-state index in [2.05, 4.69) is 36.7 Å². The summed E-state index contributed by atoms with van der Waals surface area (Å²) in [5, 5.41) is 4.24. The van der Waals surface area contributed by atoms with Crippen LogP contribution in [0, 0.1) is 0 Å². The maximum absolute atomic E-state index is 12.4. The summed E-state index contributed by atoms with van der Waals surface area (Å²) in [6.07, 6.45) is 4.42. The Morgan fingerprint density at radius 2 is 1.67 bits per heavy atom. The van der Waals surface area contributed by atoms with Crippen molar-refractivity contribution in [1.29, 1.82) is 0 Å². The van der Waals surface area contributed by atoms with Gasteiger partial charge in [-0.2, -0.15) is 0 Å². The molecular formula is C21H22NO2. The van der Waals surface area contributed by atoms with E-state index in [0.29, 0.717) is 12.2 Å². The summed E-state index contributed by atoms with van der Waals surface area (Å²) in [6.45, 7) is 2.67. The van der Waals surface area contributed by atoms with Crippen molar-refractivity contribution >= 4 is 27.5 Å². The Labute approximate surface area is 142 Å². The van der Waals surface area contributed by atoms with Crippen molar-refractivity contribution in [3.8, 4) is 0 Å². The zero-order valence-corrected chi connectivity index (χ0v) is 14.0. The normalized spacial score (nSPS) is 11.0. The molecule has 3 heteroatoms. The van der Waals surface area contributed by atoms with Crippen LogP contribution in [0.1, 0.15) is 43.0 Å². The maximum atomic E-state index is 12.4. The van der Waals surface area contributed by atoms with Crippen LogP contribution in [0.4, 0.5) is 0 Å². The Bertz CT molecular complexity index is 841. The van der Waals surface area contributed by atoms with Gasteiger partial charge in [0.1, 0.15) is 0 Å². The van der Waals surface area contributed by atoms with Gasteiger partial charge in [-0.05, 0) is 46.2 Å². The quantitative estimate of drug-likeness (QED) is 0.339. The average Bonchev–Trinajstić information content (AvgIpc) is 2.62. The maximum Gasteiger partial charge on any atom is 0.300 e. The molecule has 0 aliphatic rings. The molecule has 3 rings (SSSR count). The molecule has 24 heavy (non-hydrogen) atoms. The van der Waals surface area contributed by atoms with Crippen LogP contribution in [-0.2, 0) is 4.84 Å². The first-order valence-electron chi connectivity index (χ1n) is 8.58. The number of carbonyl (C=O) groups excluding carboxylic acids is 1. The number of carbonyl (C=O) groups is 1. The average molecular weight is 320 g/mol. The van der Waals surface area contributed by atoms with Gasteiger partial charge in [-0.15, -0.1) is 0 Å². The first-order valence-corrected chi connectivity index (χ1v) is 8.58. The van der Waals surface area contributed by atoms with Crippen molar-refractivity contribution in [1.82, 2.24) is 5.48 Å². The first-order chi connectivity index (χ1) is 11.8. The number of hydrogen-bond acceptors (Lipinski definition) is 2. The van der Waals surface area contributed by atoms with Gasteiger partial charge in [-0.1, -0.05) is 68.1 Å². The van der Waals surface area contributed by atoms with Crippen LogP contribution in [0.5, 0.6) is 0 Å². The molecule has 3 aromatic rings. The minimum absolute atomic E-state index is 0.314. The predicted molar refractivity (Wildman–Crippen MR) is 98.0 cm³/mol. The third kappa shape index (κ3) is 3.74. The van der Waals surface area contributed by atoms with E-state index >= 15 is 0 Å². The molecule has 0 atom stereocenters. The lowest BCUT2D eigenvalue weighted by molar-refractivity contribution is 0.0249. The van der Waals surface area contributed by atoms with E-state index in [9.17, 15) is 4.79 Å². The molecule has 1 radical (unpaired) electrons. The summed E-state index contributed by atoms with van der Waals surface area (Å²) >= 11 is 0.